The molecule has 3 rings (SSSR count). The van der Waals surface area contributed by atoms with Crippen LogP contribution in [0.4, 0.5) is 11.4 Å². The van der Waals surface area contributed by atoms with Gasteiger partial charge >= 0.3 is 0 Å². The SMILES string of the molecule is CCN1CC2CNCCN2c2ccc(C)cc21. The zero-order valence-corrected chi connectivity index (χ0v) is 10.7. The third-order valence-corrected chi connectivity index (χ3v) is 3.94. The first-order chi connectivity index (χ1) is 8.29. The van der Waals surface area contributed by atoms with Crippen molar-refractivity contribution in [1.82, 2.24) is 5.32 Å². The molecule has 1 unspecified atom stereocenters. The minimum Gasteiger partial charge on any atom is -0.368 e. The summed E-state index contributed by atoms with van der Waals surface area (Å²) < 4.78 is 0. The molecule has 0 bridgehead atoms. The third kappa shape index (κ3) is 1.78. The van der Waals surface area contributed by atoms with Crippen molar-refractivity contribution in [2.75, 3.05) is 42.5 Å². The van der Waals surface area contributed by atoms with Crippen LogP contribution in [0, 0.1) is 6.92 Å². The molecule has 2 aliphatic heterocycles. The van der Waals surface area contributed by atoms with Crippen LogP contribution in [0.2, 0.25) is 0 Å². The Kier molecular flexibility index (Phi) is 2.71. The number of nitrogens with zero attached hydrogens (tertiary/aromatic N) is 2. The van der Waals surface area contributed by atoms with Crippen molar-refractivity contribution in [1.29, 1.82) is 0 Å². The predicted molar refractivity (Wildman–Crippen MR) is 73.1 cm³/mol. The molecule has 0 aliphatic carbocycles. The lowest BCUT2D eigenvalue weighted by molar-refractivity contribution is 0.460. The number of nitrogens with one attached hydrogen (secondary N) is 1. The van der Waals surface area contributed by atoms with E-state index in [2.05, 4.69) is 47.2 Å². The normalized spacial score (nSPS) is 23.3. The third-order valence-electron chi connectivity index (χ3n) is 3.94. The lowest BCUT2D eigenvalue weighted by Crippen LogP contribution is -2.58. The lowest BCUT2D eigenvalue weighted by atomic mass is 10.0. The van der Waals surface area contributed by atoms with E-state index in [1.54, 1.807) is 0 Å². The Hall–Kier alpha value is -1.22. The highest BCUT2D eigenvalue weighted by atomic mass is 15.3. The molecule has 0 amide bonds. The van der Waals surface area contributed by atoms with Gasteiger partial charge in [0.1, 0.15) is 0 Å². The molecule has 1 N–H and O–H groups in total. The van der Waals surface area contributed by atoms with Crippen LogP contribution in [0.1, 0.15) is 12.5 Å². The molecule has 2 heterocycles. The van der Waals surface area contributed by atoms with E-state index in [1.807, 2.05) is 0 Å². The van der Waals surface area contributed by atoms with E-state index >= 15 is 0 Å². The quantitative estimate of drug-likeness (QED) is 0.792. The molecule has 0 saturated carbocycles. The molecule has 3 nitrogen and oxygen atoms in total. The predicted octanol–water partition coefficient (Wildman–Crippen LogP) is 1.61. The number of likely N-dealkylation sites (N-methyl/N-ethyl adjacent to an activating group) is 1. The number of fused-ring (bicyclic) bond motifs is 3. The number of benzene rings is 1. The van der Waals surface area contributed by atoms with Crippen molar-refractivity contribution in [3.05, 3.63) is 23.8 Å². The highest BCUT2D eigenvalue weighted by Crippen LogP contribution is 2.36. The van der Waals surface area contributed by atoms with Gasteiger partial charge in [0.25, 0.3) is 0 Å². The van der Waals surface area contributed by atoms with Gasteiger partial charge in [-0.15, -0.1) is 0 Å². The number of hydrogen-bond acceptors (Lipinski definition) is 3. The van der Waals surface area contributed by atoms with Crippen molar-refractivity contribution >= 4 is 11.4 Å². The smallest absolute Gasteiger partial charge is 0.0608 e. The number of hydrogen-bond donors (Lipinski definition) is 1. The van der Waals surface area contributed by atoms with E-state index < -0.39 is 0 Å². The summed E-state index contributed by atoms with van der Waals surface area (Å²) in [5.74, 6) is 0. The fourth-order valence-electron chi connectivity index (χ4n) is 3.02. The van der Waals surface area contributed by atoms with Crippen LogP contribution in [-0.4, -0.2) is 38.8 Å². The Bertz CT molecular complexity index is 416. The Labute approximate surface area is 103 Å². The van der Waals surface area contributed by atoms with Crippen molar-refractivity contribution in [3.8, 4) is 0 Å². The standard InChI is InChI=1S/C14H21N3/c1-3-16-10-12-9-15-6-7-17(12)13-5-4-11(2)8-14(13)16/h4-5,8,12,15H,3,6-7,9-10H2,1-2H3. The van der Waals surface area contributed by atoms with Crippen LogP contribution in [0.3, 0.4) is 0 Å². The van der Waals surface area contributed by atoms with Crippen molar-refractivity contribution < 1.29 is 0 Å². The maximum atomic E-state index is 3.50. The summed E-state index contributed by atoms with van der Waals surface area (Å²) in [6.07, 6.45) is 0. The molecule has 0 aromatic heterocycles. The summed E-state index contributed by atoms with van der Waals surface area (Å²) in [7, 11) is 0. The van der Waals surface area contributed by atoms with Gasteiger partial charge in [-0.3, -0.25) is 0 Å². The van der Waals surface area contributed by atoms with Crippen molar-refractivity contribution in [2.24, 2.45) is 0 Å². The summed E-state index contributed by atoms with van der Waals surface area (Å²) in [6, 6.07) is 7.50. The first-order valence-corrected chi connectivity index (χ1v) is 6.62. The van der Waals surface area contributed by atoms with Crippen molar-refractivity contribution in [2.45, 2.75) is 19.9 Å². The van der Waals surface area contributed by atoms with Crippen LogP contribution in [-0.2, 0) is 0 Å². The van der Waals surface area contributed by atoms with E-state index in [0.717, 1.165) is 32.7 Å². The van der Waals surface area contributed by atoms with Gasteiger partial charge in [0.05, 0.1) is 17.4 Å². The van der Waals surface area contributed by atoms with E-state index in [4.69, 9.17) is 0 Å². The van der Waals surface area contributed by atoms with Crippen LogP contribution in [0.25, 0.3) is 0 Å². The molecule has 0 spiro atoms. The van der Waals surface area contributed by atoms with E-state index in [-0.39, 0.29) is 0 Å². The molecule has 0 radical (unpaired) electrons. The highest BCUT2D eigenvalue weighted by Gasteiger charge is 2.31. The molecule has 92 valence electrons. The second kappa shape index (κ2) is 4.22. The summed E-state index contributed by atoms with van der Waals surface area (Å²) in [5, 5.41) is 3.50. The Morgan fingerprint density at radius 3 is 3.06 bits per heavy atom. The number of piperazine rings is 1. The second-order valence-corrected chi connectivity index (χ2v) is 5.08. The average Bonchev–Trinajstić information content (AvgIpc) is 2.37. The minimum atomic E-state index is 0.638. The zero-order chi connectivity index (χ0) is 11.8. The minimum absolute atomic E-state index is 0.638. The average molecular weight is 231 g/mol. The lowest BCUT2D eigenvalue weighted by Gasteiger charge is -2.47. The number of anilines is 2. The van der Waals surface area contributed by atoms with Gasteiger partial charge in [0.2, 0.25) is 0 Å². The van der Waals surface area contributed by atoms with Gasteiger partial charge in [-0.1, -0.05) is 6.07 Å². The summed E-state index contributed by atoms with van der Waals surface area (Å²) in [4.78, 5) is 5.09. The summed E-state index contributed by atoms with van der Waals surface area (Å²) >= 11 is 0. The Morgan fingerprint density at radius 2 is 2.24 bits per heavy atom. The Balaban J connectivity index is 2.04. The van der Waals surface area contributed by atoms with Crippen LogP contribution >= 0.6 is 0 Å². The first-order valence-electron chi connectivity index (χ1n) is 6.62. The summed E-state index contributed by atoms with van der Waals surface area (Å²) in [6.45, 7) is 10.0. The molecule has 2 aliphatic rings. The highest BCUT2D eigenvalue weighted by molar-refractivity contribution is 5.75. The fourth-order valence-corrected chi connectivity index (χ4v) is 3.02. The number of aryl methyl sites for hydroxylation is 1. The maximum Gasteiger partial charge on any atom is 0.0608 e. The van der Waals surface area contributed by atoms with Crippen LogP contribution in [0.15, 0.2) is 18.2 Å². The van der Waals surface area contributed by atoms with Gasteiger partial charge in [-0.05, 0) is 31.5 Å². The van der Waals surface area contributed by atoms with E-state index in [1.165, 1.54) is 16.9 Å². The number of rotatable bonds is 1. The molecule has 1 saturated heterocycles. The van der Waals surface area contributed by atoms with Gasteiger partial charge in [0.15, 0.2) is 0 Å². The summed E-state index contributed by atoms with van der Waals surface area (Å²) in [5.41, 5.74) is 4.21. The van der Waals surface area contributed by atoms with Gasteiger partial charge in [0, 0.05) is 32.7 Å². The molecular weight excluding hydrogens is 210 g/mol. The van der Waals surface area contributed by atoms with Crippen LogP contribution in [0.5, 0.6) is 0 Å². The molecule has 3 heteroatoms. The van der Waals surface area contributed by atoms with Crippen molar-refractivity contribution in [3.63, 3.8) is 0 Å². The monoisotopic (exact) mass is 231 g/mol. The first kappa shape index (κ1) is 10.9. The maximum absolute atomic E-state index is 3.50. The Morgan fingerprint density at radius 1 is 1.35 bits per heavy atom. The second-order valence-electron chi connectivity index (χ2n) is 5.08. The zero-order valence-electron chi connectivity index (χ0n) is 10.7. The molecule has 17 heavy (non-hydrogen) atoms. The van der Waals surface area contributed by atoms with Gasteiger partial charge < -0.3 is 15.1 Å². The molecule has 1 aromatic carbocycles. The molecule has 1 atom stereocenters. The van der Waals surface area contributed by atoms with Gasteiger partial charge in [-0.2, -0.15) is 0 Å². The fraction of sp³-hybridized carbons (Fsp3) is 0.571. The molecular formula is C14H21N3. The van der Waals surface area contributed by atoms with Gasteiger partial charge in [-0.25, -0.2) is 0 Å². The van der Waals surface area contributed by atoms with Crippen LogP contribution < -0.4 is 15.1 Å². The van der Waals surface area contributed by atoms with E-state index in [0.29, 0.717) is 6.04 Å². The molecule has 1 fully saturated rings. The largest absolute Gasteiger partial charge is 0.368 e. The topological polar surface area (TPSA) is 18.5 Å². The van der Waals surface area contributed by atoms with E-state index in [9.17, 15) is 0 Å². The molecule has 1 aromatic rings.